The first kappa shape index (κ1) is 10.6. The van der Waals surface area contributed by atoms with E-state index in [-0.39, 0.29) is 10.7 Å². The maximum absolute atomic E-state index is 11.1. The predicted octanol–water partition coefficient (Wildman–Crippen LogP) is 0.552. The van der Waals surface area contributed by atoms with E-state index in [9.17, 15) is 9.00 Å². The average molecular weight is 213 g/mol. The molecule has 5 nitrogen and oxygen atoms in total. The van der Waals surface area contributed by atoms with Crippen LogP contribution in [0.1, 0.15) is 17.3 Å². The van der Waals surface area contributed by atoms with Crippen molar-refractivity contribution in [1.29, 1.82) is 0 Å². The summed E-state index contributed by atoms with van der Waals surface area (Å²) in [6.45, 7) is 2.00. The number of rotatable bonds is 3. The van der Waals surface area contributed by atoms with Gasteiger partial charge in [-0.25, -0.2) is 19.0 Å². The van der Waals surface area contributed by atoms with E-state index >= 15 is 0 Å². The monoisotopic (exact) mass is 213 g/mol. The molecular formula is C8H9N2O3S+. The predicted molar refractivity (Wildman–Crippen MR) is 49.8 cm³/mol. The zero-order valence-corrected chi connectivity index (χ0v) is 8.41. The molecule has 1 aromatic heterocycles. The summed E-state index contributed by atoms with van der Waals surface area (Å²) >= 11 is 0. The molecule has 1 atom stereocenters. The van der Waals surface area contributed by atoms with Crippen molar-refractivity contribution in [3.05, 3.63) is 24.2 Å². The van der Waals surface area contributed by atoms with Crippen molar-refractivity contribution in [1.82, 2.24) is 9.97 Å². The van der Waals surface area contributed by atoms with E-state index < -0.39 is 16.8 Å². The number of hydrogen-bond donors (Lipinski definition) is 0. The summed E-state index contributed by atoms with van der Waals surface area (Å²) in [6, 6.07) is 0. The van der Waals surface area contributed by atoms with Crippen molar-refractivity contribution in [2.45, 2.75) is 12.1 Å². The van der Waals surface area contributed by atoms with Crippen LogP contribution in [-0.2, 0) is 15.5 Å². The SMILES string of the molecule is [CH2+]S(=O)c1ncc(C(=O)OCC)cn1. The smallest absolute Gasteiger partial charge is 0.341 e. The quantitative estimate of drug-likeness (QED) is 0.416. The van der Waals surface area contributed by atoms with Gasteiger partial charge in [0.15, 0.2) is 6.26 Å². The Balaban J connectivity index is 2.83. The van der Waals surface area contributed by atoms with Gasteiger partial charge in [-0.1, -0.05) is 0 Å². The Kier molecular flexibility index (Phi) is 3.58. The Hall–Kier alpha value is -1.43. The van der Waals surface area contributed by atoms with Crippen LogP contribution in [0.5, 0.6) is 0 Å². The van der Waals surface area contributed by atoms with Crippen LogP contribution in [0.25, 0.3) is 0 Å². The highest BCUT2D eigenvalue weighted by Gasteiger charge is 2.11. The number of hydrogen-bond acceptors (Lipinski definition) is 5. The fourth-order valence-corrected chi connectivity index (χ4v) is 1.09. The molecule has 0 radical (unpaired) electrons. The molecule has 0 amide bonds. The molecule has 0 aliphatic heterocycles. The average Bonchev–Trinajstić information content (AvgIpc) is 2.18. The molecule has 1 unspecified atom stereocenters. The van der Waals surface area contributed by atoms with Gasteiger partial charge < -0.3 is 4.74 Å². The van der Waals surface area contributed by atoms with Gasteiger partial charge in [0.1, 0.15) is 0 Å². The van der Waals surface area contributed by atoms with E-state index in [0.29, 0.717) is 6.61 Å². The molecule has 1 heterocycles. The highest BCUT2D eigenvalue weighted by atomic mass is 32.2. The fraction of sp³-hybridized carbons (Fsp3) is 0.250. The van der Waals surface area contributed by atoms with Crippen LogP contribution in [0, 0.1) is 6.26 Å². The Morgan fingerprint density at radius 1 is 1.57 bits per heavy atom. The molecule has 6 heteroatoms. The molecule has 0 aromatic carbocycles. The summed E-state index contributed by atoms with van der Waals surface area (Å²) in [5.74, 6) is -0.492. The van der Waals surface area contributed by atoms with Crippen molar-refractivity contribution >= 4 is 16.8 Å². The first-order chi connectivity index (χ1) is 6.65. The van der Waals surface area contributed by atoms with Crippen LogP contribution in [0.2, 0.25) is 0 Å². The molecule has 0 bridgehead atoms. The molecule has 1 aromatic rings. The van der Waals surface area contributed by atoms with E-state index in [1.165, 1.54) is 12.4 Å². The lowest BCUT2D eigenvalue weighted by atomic mass is 10.3. The van der Waals surface area contributed by atoms with Crippen molar-refractivity contribution < 1.29 is 13.7 Å². The summed E-state index contributed by atoms with van der Waals surface area (Å²) in [4.78, 5) is 18.5. The van der Waals surface area contributed by atoms with E-state index in [1.807, 2.05) is 0 Å². The Morgan fingerprint density at radius 3 is 2.57 bits per heavy atom. The number of carbonyl (C=O) groups is 1. The minimum absolute atomic E-state index is 0.0954. The highest BCUT2D eigenvalue weighted by molar-refractivity contribution is 7.86. The van der Waals surface area contributed by atoms with Gasteiger partial charge in [-0.15, -0.1) is 0 Å². The van der Waals surface area contributed by atoms with Gasteiger partial charge >= 0.3 is 5.97 Å². The lowest BCUT2D eigenvalue weighted by molar-refractivity contribution is 0.0525. The molecular weight excluding hydrogens is 204 g/mol. The number of ether oxygens (including phenoxy) is 1. The molecule has 1 rings (SSSR count). The molecule has 0 fully saturated rings. The fourth-order valence-electron chi connectivity index (χ4n) is 0.754. The maximum Gasteiger partial charge on any atom is 0.341 e. The standard InChI is InChI=1S/C8H9N2O3S/c1-3-13-7(11)6-4-9-8(10-5-6)14(2)12/h4-5H,2-3H2,1H3/q+1. The topological polar surface area (TPSA) is 69.2 Å². The van der Waals surface area contributed by atoms with Gasteiger partial charge in [0.25, 0.3) is 16.0 Å². The molecule has 74 valence electrons. The minimum atomic E-state index is -1.48. The number of nitrogens with zero attached hydrogens (tertiary/aromatic N) is 2. The van der Waals surface area contributed by atoms with Crippen molar-refractivity contribution in [2.24, 2.45) is 0 Å². The Bertz CT molecular complexity index is 350. The van der Waals surface area contributed by atoms with Crippen molar-refractivity contribution in [2.75, 3.05) is 6.61 Å². The molecule has 0 N–H and O–H groups in total. The Morgan fingerprint density at radius 2 is 2.14 bits per heavy atom. The second kappa shape index (κ2) is 4.71. The summed E-state index contributed by atoms with van der Waals surface area (Å²) in [5, 5.41) is 0.0954. The molecule has 0 aliphatic carbocycles. The lowest BCUT2D eigenvalue weighted by Crippen LogP contribution is -2.07. The first-order valence-corrected chi connectivity index (χ1v) is 5.17. The van der Waals surface area contributed by atoms with Crippen LogP contribution in [-0.4, -0.2) is 26.8 Å². The summed E-state index contributed by atoms with van der Waals surface area (Å²) in [7, 11) is -1.48. The van der Waals surface area contributed by atoms with Crippen molar-refractivity contribution in [3.8, 4) is 0 Å². The summed E-state index contributed by atoms with van der Waals surface area (Å²) < 4.78 is 15.5. The zero-order valence-electron chi connectivity index (χ0n) is 7.60. The van der Waals surface area contributed by atoms with Crippen LogP contribution >= 0.6 is 0 Å². The Labute approximate surface area is 84.0 Å². The van der Waals surface area contributed by atoms with Crippen LogP contribution < -0.4 is 0 Å². The van der Waals surface area contributed by atoms with Crippen molar-refractivity contribution in [3.63, 3.8) is 0 Å². The van der Waals surface area contributed by atoms with Crippen LogP contribution in [0.15, 0.2) is 17.6 Å². The second-order valence-corrected chi connectivity index (χ2v) is 3.38. The van der Waals surface area contributed by atoms with Crippen LogP contribution in [0.4, 0.5) is 0 Å². The summed E-state index contributed by atoms with van der Waals surface area (Å²) in [6.07, 6.45) is 5.79. The van der Waals surface area contributed by atoms with E-state index in [0.717, 1.165) is 0 Å². The molecule has 14 heavy (non-hydrogen) atoms. The van der Waals surface area contributed by atoms with Gasteiger partial charge in [0.2, 0.25) is 0 Å². The lowest BCUT2D eigenvalue weighted by Gasteiger charge is -1.99. The minimum Gasteiger partial charge on any atom is -0.462 e. The zero-order chi connectivity index (χ0) is 10.6. The second-order valence-electron chi connectivity index (χ2n) is 2.32. The maximum atomic E-state index is 11.1. The normalized spacial score (nSPS) is 12.1. The largest absolute Gasteiger partial charge is 0.462 e. The molecule has 0 saturated carbocycles. The molecule has 0 saturated heterocycles. The van der Waals surface area contributed by atoms with Gasteiger partial charge in [0, 0.05) is 12.4 Å². The van der Waals surface area contributed by atoms with Crippen LogP contribution in [0.3, 0.4) is 0 Å². The number of aromatic nitrogens is 2. The summed E-state index contributed by atoms with van der Waals surface area (Å²) in [5.41, 5.74) is 0.237. The van der Waals surface area contributed by atoms with Gasteiger partial charge in [0.05, 0.1) is 12.2 Å². The third-order valence-electron chi connectivity index (χ3n) is 1.34. The third kappa shape index (κ3) is 2.53. The van der Waals surface area contributed by atoms with Gasteiger partial charge in [-0.05, 0) is 6.92 Å². The first-order valence-electron chi connectivity index (χ1n) is 3.85. The number of esters is 1. The van der Waals surface area contributed by atoms with E-state index in [2.05, 4.69) is 16.2 Å². The van der Waals surface area contributed by atoms with E-state index in [1.54, 1.807) is 6.92 Å². The number of carbonyl (C=O) groups excluding carboxylic acids is 1. The van der Waals surface area contributed by atoms with Gasteiger partial charge in [-0.3, -0.25) is 0 Å². The highest BCUT2D eigenvalue weighted by Crippen LogP contribution is 2.01. The van der Waals surface area contributed by atoms with Gasteiger partial charge in [-0.2, -0.15) is 0 Å². The molecule has 0 aliphatic rings. The third-order valence-corrected chi connectivity index (χ3v) is 1.96. The molecule has 0 spiro atoms. The van der Waals surface area contributed by atoms with E-state index in [4.69, 9.17) is 4.74 Å².